The van der Waals surface area contributed by atoms with Gasteiger partial charge in [0, 0.05) is 11.6 Å². The van der Waals surface area contributed by atoms with Gasteiger partial charge in [0.25, 0.3) is 5.16 Å². The number of benzene rings is 3. The van der Waals surface area contributed by atoms with Gasteiger partial charge in [-0.05, 0) is 65.9 Å². The highest BCUT2D eigenvalue weighted by Crippen LogP contribution is 2.47. The fourth-order valence-electron chi connectivity index (χ4n) is 4.27. The lowest BCUT2D eigenvalue weighted by Crippen LogP contribution is -2.48. The van der Waals surface area contributed by atoms with E-state index < -0.39 is 56.0 Å². The molecular formula is C29H20F4N6O4S. The van der Waals surface area contributed by atoms with Crippen molar-refractivity contribution in [1.82, 2.24) is 25.2 Å². The van der Waals surface area contributed by atoms with E-state index in [9.17, 15) is 17.9 Å². The van der Waals surface area contributed by atoms with E-state index >= 15 is 13.2 Å². The zero-order valence-corrected chi connectivity index (χ0v) is 23.4. The minimum absolute atomic E-state index is 0.0172. The number of tetrazole rings is 1. The van der Waals surface area contributed by atoms with Gasteiger partial charge in [0.15, 0.2) is 11.3 Å². The molecule has 10 nitrogen and oxygen atoms in total. The standard InChI is InChI=1S/C29H20F4N6O4S/c1-18-3-11-23(12-4-18)44(41,42)27-36-37-38-39(27)17-28(40,24-13-5-19(30)15-25(24)31)29(32,33)26-14-10-22(16-35-26)43-21-8-6-20(34-2)7-9-21/h3-16,40H,17H2,1H3. The van der Waals surface area contributed by atoms with Gasteiger partial charge in [0.2, 0.25) is 9.84 Å². The second kappa shape index (κ2) is 11.5. The van der Waals surface area contributed by atoms with E-state index in [1.54, 1.807) is 6.92 Å². The molecule has 224 valence electrons. The largest absolute Gasteiger partial charge is 0.456 e. The number of halogens is 4. The fourth-order valence-corrected chi connectivity index (χ4v) is 5.50. The summed E-state index contributed by atoms with van der Waals surface area (Å²) in [6.45, 7) is 7.34. The molecular weight excluding hydrogens is 604 g/mol. The van der Waals surface area contributed by atoms with Gasteiger partial charge in [-0.1, -0.05) is 34.9 Å². The molecule has 0 fully saturated rings. The summed E-state index contributed by atoms with van der Waals surface area (Å²) in [6.07, 6.45) is 0.928. The van der Waals surface area contributed by atoms with E-state index in [0.717, 1.165) is 23.9 Å². The molecule has 1 unspecified atom stereocenters. The second-order valence-corrected chi connectivity index (χ2v) is 11.4. The van der Waals surface area contributed by atoms with Gasteiger partial charge < -0.3 is 9.84 Å². The highest BCUT2D eigenvalue weighted by molar-refractivity contribution is 7.91. The molecule has 0 spiro atoms. The Kier molecular flexibility index (Phi) is 7.89. The monoisotopic (exact) mass is 624 g/mol. The maximum atomic E-state index is 16.3. The van der Waals surface area contributed by atoms with Crippen molar-refractivity contribution < 1.29 is 35.8 Å². The Morgan fingerprint density at radius 1 is 0.977 bits per heavy atom. The minimum Gasteiger partial charge on any atom is -0.456 e. The molecule has 2 aromatic heterocycles. The van der Waals surface area contributed by atoms with E-state index in [-0.39, 0.29) is 16.4 Å². The van der Waals surface area contributed by atoms with Crippen molar-refractivity contribution in [2.45, 2.75) is 35.0 Å². The SMILES string of the molecule is [C-]#[N+]c1ccc(Oc2ccc(C(F)(F)C(O)(Cn3nnnc3S(=O)(=O)c3ccc(C)cc3)c3ccc(F)cc3F)nc2)cc1. The quantitative estimate of drug-likeness (QED) is 0.168. The zero-order valence-electron chi connectivity index (χ0n) is 22.6. The van der Waals surface area contributed by atoms with Gasteiger partial charge in [-0.15, -0.1) is 0 Å². The number of sulfone groups is 1. The molecule has 1 atom stereocenters. The molecule has 0 aliphatic rings. The van der Waals surface area contributed by atoms with Crippen molar-refractivity contribution in [3.8, 4) is 11.5 Å². The first-order valence-corrected chi connectivity index (χ1v) is 14.1. The molecule has 0 aliphatic heterocycles. The van der Waals surface area contributed by atoms with E-state index in [0.29, 0.717) is 28.6 Å². The van der Waals surface area contributed by atoms with Gasteiger partial charge in [-0.3, -0.25) is 4.98 Å². The second-order valence-electron chi connectivity index (χ2n) is 9.58. The lowest BCUT2D eigenvalue weighted by molar-refractivity contribution is -0.208. The number of hydrogen-bond acceptors (Lipinski definition) is 8. The van der Waals surface area contributed by atoms with Crippen LogP contribution in [0.15, 0.2) is 95.1 Å². The number of aryl methyl sites for hydroxylation is 1. The van der Waals surface area contributed by atoms with Crippen molar-refractivity contribution >= 4 is 15.5 Å². The van der Waals surface area contributed by atoms with E-state index in [1.807, 2.05) is 0 Å². The first-order chi connectivity index (χ1) is 20.8. The van der Waals surface area contributed by atoms with E-state index in [4.69, 9.17) is 11.3 Å². The third-order valence-corrected chi connectivity index (χ3v) is 8.27. The Morgan fingerprint density at radius 2 is 1.66 bits per heavy atom. The van der Waals surface area contributed by atoms with Crippen LogP contribution in [-0.4, -0.2) is 38.7 Å². The molecule has 15 heteroatoms. The Morgan fingerprint density at radius 3 is 2.27 bits per heavy atom. The number of pyridine rings is 1. The van der Waals surface area contributed by atoms with Gasteiger partial charge in [-0.25, -0.2) is 26.7 Å². The van der Waals surface area contributed by atoms with Crippen LogP contribution in [0.5, 0.6) is 11.5 Å². The Balaban J connectivity index is 1.55. The van der Waals surface area contributed by atoms with Gasteiger partial charge >= 0.3 is 5.92 Å². The van der Waals surface area contributed by atoms with Gasteiger partial charge in [0.1, 0.15) is 28.8 Å². The molecule has 0 radical (unpaired) electrons. The molecule has 5 aromatic rings. The molecule has 0 amide bonds. The van der Waals surface area contributed by atoms with Gasteiger partial charge in [-0.2, -0.15) is 8.78 Å². The number of aromatic nitrogens is 5. The highest BCUT2D eigenvalue weighted by Gasteiger charge is 2.58. The molecule has 3 aromatic carbocycles. The maximum absolute atomic E-state index is 16.3. The average molecular weight is 625 g/mol. The summed E-state index contributed by atoms with van der Waals surface area (Å²) in [5, 5.41) is 21.0. The first-order valence-electron chi connectivity index (χ1n) is 12.6. The Labute approximate surface area is 247 Å². The number of aliphatic hydroxyl groups is 1. The average Bonchev–Trinajstić information content (AvgIpc) is 3.47. The highest BCUT2D eigenvalue weighted by atomic mass is 32.2. The van der Waals surface area contributed by atoms with Crippen LogP contribution in [0.2, 0.25) is 0 Å². The van der Waals surface area contributed by atoms with E-state index in [1.165, 1.54) is 48.5 Å². The number of rotatable bonds is 9. The van der Waals surface area contributed by atoms with Crippen molar-refractivity contribution in [1.29, 1.82) is 0 Å². The number of ether oxygens (including phenoxy) is 1. The lowest BCUT2D eigenvalue weighted by atomic mass is 9.84. The van der Waals surface area contributed by atoms with Crippen LogP contribution in [0.4, 0.5) is 23.2 Å². The summed E-state index contributed by atoms with van der Waals surface area (Å²) in [5.41, 5.74) is -4.63. The molecule has 0 aliphatic carbocycles. The zero-order chi connectivity index (χ0) is 31.7. The minimum atomic E-state index is -4.50. The third-order valence-electron chi connectivity index (χ3n) is 6.60. The Bertz CT molecular complexity index is 1960. The van der Waals surface area contributed by atoms with Crippen molar-refractivity contribution in [2.75, 3.05) is 0 Å². The summed E-state index contributed by atoms with van der Waals surface area (Å²) >= 11 is 0. The maximum Gasteiger partial charge on any atom is 0.323 e. The molecule has 0 bridgehead atoms. The topological polar surface area (TPSA) is 124 Å². The van der Waals surface area contributed by atoms with Crippen molar-refractivity contribution in [3.63, 3.8) is 0 Å². The third kappa shape index (κ3) is 5.60. The molecule has 5 rings (SSSR count). The molecule has 44 heavy (non-hydrogen) atoms. The van der Waals surface area contributed by atoms with Crippen molar-refractivity contribution in [3.05, 3.63) is 125 Å². The predicted molar refractivity (Wildman–Crippen MR) is 146 cm³/mol. The molecule has 2 heterocycles. The summed E-state index contributed by atoms with van der Waals surface area (Å²) in [7, 11) is -4.50. The molecule has 0 saturated carbocycles. The lowest BCUT2D eigenvalue weighted by Gasteiger charge is -2.36. The Hall–Kier alpha value is -5.20. The van der Waals surface area contributed by atoms with Gasteiger partial charge in [0.05, 0.1) is 24.2 Å². The van der Waals surface area contributed by atoms with Crippen LogP contribution >= 0.6 is 0 Å². The van der Waals surface area contributed by atoms with Crippen LogP contribution in [0.3, 0.4) is 0 Å². The summed E-state index contributed by atoms with van der Waals surface area (Å²) in [4.78, 5) is 6.72. The van der Waals surface area contributed by atoms with Crippen LogP contribution in [0, 0.1) is 25.1 Å². The van der Waals surface area contributed by atoms with Crippen LogP contribution in [0.1, 0.15) is 16.8 Å². The van der Waals surface area contributed by atoms with E-state index in [2.05, 4.69) is 25.4 Å². The van der Waals surface area contributed by atoms with Crippen molar-refractivity contribution in [2.24, 2.45) is 0 Å². The van der Waals surface area contributed by atoms with Crippen LogP contribution < -0.4 is 4.74 Å². The summed E-state index contributed by atoms with van der Waals surface area (Å²) in [5.74, 6) is -6.79. The first kappa shape index (κ1) is 30.3. The van der Waals surface area contributed by atoms with Crippen LogP contribution in [-0.2, 0) is 27.9 Å². The fraction of sp³-hybridized carbons (Fsp3) is 0.138. The molecule has 0 saturated heterocycles. The summed E-state index contributed by atoms with van der Waals surface area (Å²) < 4.78 is 94.0. The normalized spacial score (nSPS) is 13.2. The molecule has 1 N–H and O–H groups in total. The number of alkyl halides is 2. The number of hydrogen-bond donors (Lipinski definition) is 1. The smallest absolute Gasteiger partial charge is 0.323 e. The van der Waals surface area contributed by atoms with Crippen LogP contribution in [0.25, 0.3) is 4.85 Å². The summed E-state index contributed by atoms with van der Waals surface area (Å²) in [6, 6.07) is 15.0. The number of nitrogens with zero attached hydrogens (tertiary/aromatic N) is 6. The predicted octanol–water partition coefficient (Wildman–Crippen LogP) is 5.51.